The number of sulfonamides is 1. The van der Waals surface area contributed by atoms with E-state index in [-0.39, 0.29) is 17.4 Å². The van der Waals surface area contributed by atoms with Gasteiger partial charge in [-0.2, -0.15) is 4.72 Å². The summed E-state index contributed by atoms with van der Waals surface area (Å²) in [5.41, 5.74) is 1.98. The number of aromatic nitrogens is 1. The molecule has 1 aromatic carbocycles. The van der Waals surface area contributed by atoms with Crippen LogP contribution in [0.25, 0.3) is 0 Å². The Balaban J connectivity index is 1.70. The van der Waals surface area contributed by atoms with Crippen molar-refractivity contribution in [1.82, 2.24) is 9.71 Å². The van der Waals surface area contributed by atoms with Gasteiger partial charge in [-0.15, -0.1) is 0 Å². The molecule has 9 heteroatoms. The van der Waals surface area contributed by atoms with Gasteiger partial charge in [-0.3, -0.25) is 4.79 Å². The molecule has 0 bridgehead atoms. The molecule has 1 atom stereocenters. The molecule has 2 aromatic rings. The number of pyridine rings is 1. The van der Waals surface area contributed by atoms with Crippen molar-refractivity contribution in [3.05, 3.63) is 48.2 Å². The van der Waals surface area contributed by atoms with Crippen LogP contribution in [0, 0.1) is 5.92 Å². The number of ether oxygens (including phenoxy) is 1. The Morgan fingerprint density at radius 3 is 2.67 bits per heavy atom. The second kappa shape index (κ2) is 9.44. The van der Waals surface area contributed by atoms with E-state index in [1.54, 1.807) is 37.4 Å². The molecule has 162 valence electrons. The third-order valence-electron chi connectivity index (χ3n) is 4.75. The first-order chi connectivity index (χ1) is 14.3. The molecule has 0 spiro atoms. The van der Waals surface area contributed by atoms with Crippen molar-refractivity contribution in [2.75, 3.05) is 23.5 Å². The van der Waals surface area contributed by atoms with Gasteiger partial charge in [0.25, 0.3) is 0 Å². The Morgan fingerprint density at radius 2 is 2.00 bits per heavy atom. The number of rotatable bonds is 9. The molecule has 0 amide bonds. The first-order valence-electron chi connectivity index (χ1n) is 10.0. The molecule has 0 saturated carbocycles. The molecule has 2 heterocycles. The number of hydrogen-bond acceptors (Lipinski definition) is 7. The summed E-state index contributed by atoms with van der Waals surface area (Å²) in [6, 6.07) is 9.66. The highest BCUT2D eigenvalue weighted by molar-refractivity contribution is 7.89. The number of fused-ring (bicyclic) bond motifs is 1. The molecular formula is C21H28N4O4S. The van der Waals surface area contributed by atoms with Crippen molar-refractivity contribution in [2.24, 2.45) is 5.92 Å². The Hall–Kier alpha value is -2.65. The van der Waals surface area contributed by atoms with Gasteiger partial charge in [0.05, 0.1) is 23.9 Å². The number of nitrogens with one attached hydrogen (secondary N) is 2. The van der Waals surface area contributed by atoms with E-state index < -0.39 is 22.0 Å². The molecule has 1 aliphatic heterocycles. The molecule has 0 aliphatic carbocycles. The molecule has 8 nitrogen and oxygen atoms in total. The van der Waals surface area contributed by atoms with Gasteiger partial charge in [0, 0.05) is 12.7 Å². The molecule has 0 fully saturated rings. The van der Waals surface area contributed by atoms with Crippen LogP contribution in [0.4, 0.5) is 11.5 Å². The lowest BCUT2D eigenvalue weighted by Crippen LogP contribution is -2.42. The fourth-order valence-corrected chi connectivity index (χ4v) is 4.54. The van der Waals surface area contributed by atoms with Crippen LogP contribution in [0.3, 0.4) is 0 Å². The predicted octanol–water partition coefficient (Wildman–Crippen LogP) is 2.73. The van der Waals surface area contributed by atoms with Crippen LogP contribution in [0.5, 0.6) is 0 Å². The van der Waals surface area contributed by atoms with Gasteiger partial charge in [-0.1, -0.05) is 26.0 Å². The van der Waals surface area contributed by atoms with Crippen molar-refractivity contribution in [1.29, 1.82) is 0 Å². The maximum absolute atomic E-state index is 12.8. The third-order valence-corrected chi connectivity index (χ3v) is 6.23. The Kier molecular flexibility index (Phi) is 6.94. The minimum absolute atomic E-state index is 0.117. The number of benzene rings is 1. The zero-order valence-corrected chi connectivity index (χ0v) is 18.3. The fraction of sp³-hybridized carbons (Fsp3) is 0.429. The average molecular weight is 433 g/mol. The third kappa shape index (κ3) is 5.28. The summed E-state index contributed by atoms with van der Waals surface area (Å²) in [4.78, 5) is 18.7. The summed E-state index contributed by atoms with van der Waals surface area (Å²) < 4.78 is 33.1. The molecular weight excluding hydrogens is 404 g/mol. The summed E-state index contributed by atoms with van der Waals surface area (Å²) in [6.45, 7) is 7.02. The van der Waals surface area contributed by atoms with Crippen molar-refractivity contribution in [3.8, 4) is 0 Å². The van der Waals surface area contributed by atoms with Crippen LogP contribution < -0.4 is 14.9 Å². The maximum Gasteiger partial charge on any atom is 0.324 e. The van der Waals surface area contributed by atoms with E-state index in [9.17, 15) is 13.2 Å². The van der Waals surface area contributed by atoms with E-state index in [2.05, 4.69) is 19.9 Å². The molecule has 0 saturated heterocycles. The summed E-state index contributed by atoms with van der Waals surface area (Å²) in [6.07, 6.45) is 2.11. The predicted molar refractivity (Wildman–Crippen MR) is 116 cm³/mol. The lowest BCUT2D eigenvalue weighted by atomic mass is 10.1. The Labute approximate surface area is 177 Å². The first-order valence-corrected chi connectivity index (χ1v) is 11.5. The van der Waals surface area contributed by atoms with Crippen LogP contribution in [0.1, 0.15) is 32.8 Å². The highest BCUT2D eigenvalue weighted by atomic mass is 32.2. The van der Waals surface area contributed by atoms with E-state index in [1.165, 1.54) is 0 Å². The molecule has 0 unspecified atom stereocenters. The first kappa shape index (κ1) is 22.0. The molecule has 30 heavy (non-hydrogen) atoms. The Morgan fingerprint density at radius 1 is 1.27 bits per heavy atom. The van der Waals surface area contributed by atoms with Crippen LogP contribution >= 0.6 is 0 Å². The van der Waals surface area contributed by atoms with Gasteiger partial charge in [-0.25, -0.2) is 13.4 Å². The number of carbonyl (C=O) groups is 1. The summed E-state index contributed by atoms with van der Waals surface area (Å²) >= 11 is 0. The normalized spacial score (nSPS) is 14.3. The molecule has 3 rings (SSSR count). The van der Waals surface area contributed by atoms with E-state index in [1.807, 2.05) is 26.0 Å². The zero-order chi connectivity index (χ0) is 21.7. The van der Waals surface area contributed by atoms with Crippen molar-refractivity contribution in [3.63, 3.8) is 0 Å². The number of nitrogens with zero attached hydrogens (tertiary/aromatic N) is 2. The standard InChI is InChI=1S/C21H28N4O4S/c1-4-29-21(26)18(12-15(2)3)24-30(27,28)17-9-7-16(8-10-17)13-25-14-23-20-19(25)6-5-11-22-20/h5-11,15,18,24H,4,12-14H2,1-3H3,(H,22,23)/t18-/m0/s1. The zero-order valence-electron chi connectivity index (χ0n) is 17.5. The molecule has 0 radical (unpaired) electrons. The number of hydrogen-bond donors (Lipinski definition) is 2. The summed E-state index contributed by atoms with van der Waals surface area (Å²) in [7, 11) is -3.85. The van der Waals surface area contributed by atoms with Crippen molar-refractivity contribution < 1.29 is 17.9 Å². The quantitative estimate of drug-likeness (QED) is 0.588. The number of anilines is 2. The molecule has 1 aromatic heterocycles. The Bertz CT molecular complexity index is 977. The number of carbonyl (C=O) groups excluding carboxylic acids is 1. The summed E-state index contributed by atoms with van der Waals surface area (Å²) in [5, 5.41) is 3.23. The van der Waals surface area contributed by atoms with E-state index in [4.69, 9.17) is 4.74 Å². The highest BCUT2D eigenvalue weighted by Crippen LogP contribution is 2.29. The van der Waals surface area contributed by atoms with E-state index in [0.29, 0.717) is 19.6 Å². The van der Waals surface area contributed by atoms with Crippen LogP contribution in [-0.4, -0.2) is 38.7 Å². The second-order valence-corrected chi connectivity index (χ2v) is 9.32. The largest absolute Gasteiger partial charge is 0.465 e. The van der Waals surface area contributed by atoms with Crippen molar-refractivity contribution in [2.45, 2.75) is 44.7 Å². The smallest absolute Gasteiger partial charge is 0.324 e. The van der Waals surface area contributed by atoms with E-state index >= 15 is 0 Å². The van der Waals surface area contributed by atoms with Gasteiger partial charge in [0.15, 0.2) is 5.82 Å². The van der Waals surface area contributed by atoms with Crippen LogP contribution in [0.2, 0.25) is 0 Å². The lowest BCUT2D eigenvalue weighted by molar-refractivity contribution is -0.145. The van der Waals surface area contributed by atoms with E-state index in [0.717, 1.165) is 17.1 Å². The highest BCUT2D eigenvalue weighted by Gasteiger charge is 2.27. The number of esters is 1. The van der Waals surface area contributed by atoms with Gasteiger partial charge in [-0.05, 0) is 49.1 Å². The topological polar surface area (TPSA) is 101 Å². The van der Waals surface area contributed by atoms with Gasteiger partial charge >= 0.3 is 5.97 Å². The van der Waals surface area contributed by atoms with Crippen LogP contribution in [0.15, 0.2) is 47.5 Å². The minimum atomic E-state index is -3.85. The lowest BCUT2D eigenvalue weighted by Gasteiger charge is -2.20. The fourth-order valence-electron chi connectivity index (χ4n) is 3.34. The average Bonchev–Trinajstić information content (AvgIpc) is 3.10. The monoisotopic (exact) mass is 432 g/mol. The molecule has 1 aliphatic rings. The van der Waals surface area contributed by atoms with Crippen LogP contribution in [-0.2, 0) is 26.1 Å². The minimum Gasteiger partial charge on any atom is -0.465 e. The second-order valence-electron chi connectivity index (χ2n) is 7.60. The van der Waals surface area contributed by atoms with Crippen molar-refractivity contribution >= 4 is 27.5 Å². The SMILES string of the molecule is CCOC(=O)[C@H](CC(C)C)NS(=O)(=O)c1ccc(CN2CNc3ncccc32)cc1. The van der Waals surface area contributed by atoms with Gasteiger partial charge < -0.3 is 15.0 Å². The summed E-state index contributed by atoms with van der Waals surface area (Å²) in [5.74, 6) is 0.423. The van der Waals surface area contributed by atoms with Gasteiger partial charge in [0.1, 0.15) is 6.04 Å². The van der Waals surface area contributed by atoms with Gasteiger partial charge in [0.2, 0.25) is 10.0 Å². The molecule has 2 N–H and O–H groups in total. The maximum atomic E-state index is 12.8.